The smallest absolute Gasteiger partial charge is 0.219 e. The largest absolute Gasteiger partial charge is 0.395 e. The van der Waals surface area contributed by atoms with Crippen molar-refractivity contribution in [1.82, 2.24) is 9.80 Å². The Balaban J connectivity index is 1.57. The van der Waals surface area contributed by atoms with Gasteiger partial charge < -0.3 is 10.0 Å². The van der Waals surface area contributed by atoms with Gasteiger partial charge in [0.1, 0.15) is 5.82 Å². The molecule has 0 saturated carbocycles. The summed E-state index contributed by atoms with van der Waals surface area (Å²) in [4.78, 5) is 16.3. The molecule has 0 aromatic heterocycles. The van der Waals surface area contributed by atoms with Crippen molar-refractivity contribution in [3.05, 3.63) is 59.9 Å². The molecule has 0 radical (unpaired) electrons. The number of fused-ring (bicyclic) bond motifs is 1. The molecule has 2 aromatic carbocycles. The van der Waals surface area contributed by atoms with Crippen molar-refractivity contribution in [1.29, 1.82) is 0 Å². The highest BCUT2D eigenvalue weighted by atomic mass is 19.1. The Morgan fingerprint density at radius 1 is 1.04 bits per heavy atom. The summed E-state index contributed by atoms with van der Waals surface area (Å²) in [7, 11) is 0. The molecule has 1 N–H and O–H groups in total. The fraction of sp³-hybridized carbons (Fsp3) is 0.435. The number of rotatable bonds is 3. The van der Waals surface area contributed by atoms with Crippen molar-refractivity contribution >= 4 is 5.91 Å². The van der Waals surface area contributed by atoms with Gasteiger partial charge in [0.2, 0.25) is 5.91 Å². The molecule has 2 aromatic rings. The maximum atomic E-state index is 13.2. The lowest BCUT2D eigenvalue weighted by Crippen LogP contribution is -2.67. The van der Waals surface area contributed by atoms with E-state index >= 15 is 0 Å². The van der Waals surface area contributed by atoms with Crippen LogP contribution in [0.25, 0.3) is 11.1 Å². The van der Waals surface area contributed by atoms with Crippen LogP contribution in [0.4, 0.5) is 4.39 Å². The van der Waals surface area contributed by atoms with E-state index in [0.29, 0.717) is 0 Å². The molecule has 2 heterocycles. The topological polar surface area (TPSA) is 43.8 Å². The summed E-state index contributed by atoms with van der Waals surface area (Å²) in [5.41, 5.74) is 3.22. The van der Waals surface area contributed by atoms with Crippen molar-refractivity contribution < 1.29 is 14.3 Å². The zero-order chi connectivity index (χ0) is 19.7. The molecule has 1 amide bonds. The normalized spacial score (nSPS) is 25.4. The highest BCUT2D eigenvalue weighted by Crippen LogP contribution is 2.42. The predicted molar refractivity (Wildman–Crippen MR) is 107 cm³/mol. The van der Waals surface area contributed by atoms with Crippen LogP contribution in [0.5, 0.6) is 0 Å². The molecule has 2 fully saturated rings. The van der Waals surface area contributed by atoms with Gasteiger partial charge in [0, 0.05) is 38.0 Å². The standard InChI is InChI=1S/C23H27FN2O2/c1-16(28)25-12-2-3-13-26-21(14-25)23(22(26)15-27)19-6-4-17(5-7-19)18-8-10-20(24)11-9-18/h4-11,21-23,27H,2-3,12-15H2,1H3/t21-,22+,23+/m1/s1. The summed E-state index contributed by atoms with van der Waals surface area (Å²) < 4.78 is 13.2. The van der Waals surface area contributed by atoms with Crippen LogP contribution in [0.15, 0.2) is 48.5 Å². The Morgan fingerprint density at radius 3 is 2.25 bits per heavy atom. The second-order valence-electron chi connectivity index (χ2n) is 7.88. The SMILES string of the molecule is CC(=O)N1CCCCN2[C@H](C1)[C@H](c1ccc(-c3ccc(F)cc3)cc1)[C@@H]2CO. The lowest BCUT2D eigenvalue weighted by Gasteiger charge is -2.57. The van der Waals surface area contributed by atoms with Crippen LogP contribution < -0.4 is 0 Å². The Bertz CT molecular complexity index is 822. The van der Waals surface area contributed by atoms with Crippen molar-refractivity contribution in [3.8, 4) is 11.1 Å². The summed E-state index contributed by atoms with van der Waals surface area (Å²) >= 11 is 0. The number of carbonyl (C=O) groups is 1. The van der Waals surface area contributed by atoms with E-state index in [0.717, 1.165) is 43.6 Å². The molecule has 4 rings (SSSR count). The van der Waals surface area contributed by atoms with Crippen LogP contribution in [-0.2, 0) is 4.79 Å². The summed E-state index contributed by atoms with van der Waals surface area (Å²) in [5.74, 6) is 0.104. The predicted octanol–water partition coefficient (Wildman–Crippen LogP) is 3.26. The van der Waals surface area contributed by atoms with Gasteiger partial charge in [-0.05, 0) is 48.2 Å². The van der Waals surface area contributed by atoms with Gasteiger partial charge >= 0.3 is 0 Å². The van der Waals surface area contributed by atoms with Gasteiger partial charge in [0.25, 0.3) is 0 Å². The molecule has 5 heteroatoms. The Hall–Kier alpha value is -2.24. The number of amides is 1. The second kappa shape index (κ2) is 8.02. The quantitative estimate of drug-likeness (QED) is 0.886. The van der Waals surface area contributed by atoms with Gasteiger partial charge in [-0.25, -0.2) is 4.39 Å². The lowest BCUT2D eigenvalue weighted by atomic mass is 9.74. The first kappa shape index (κ1) is 19.1. The number of benzene rings is 2. The first-order valence-corrected chi connectivity index (χ1v) is 10.1. The minimum atomic E-state index is -0.236. The number of hydrogen-bond donors (Lipinski definition) is 1. The molecule has 4 nitrogen and oxygen atoms in total. The fourth-order valence-corrected chi connectivity index (χ4v) is 4.77. The fourth-order valence-electron chi connectivity index (χ4n) is 4.77. The third kappa shape index (κ3) is 3.56. The van der Waals surface area contributed by atoms with Crippen molar-refractivity contribution in [2.24, 2.45) is 0 Å². The van der Waals surface area contributed by atoms with Crippen molar-refractivity contribution in [2.75, 3.05) is 26.2 Å². The molecular formula is C23H27FN2O2. The number of aliphatic hydroxyl groups excluding tert-OH is 1. The summed E-state index contributed by atoms with van der Waals surface area (Å²) in [6.07, 6.45) is 2.06. The number of hydrogen-bond acceptors (Lipinski definition) is 3. The molecular weight excluding hydrogens is 355 g/mol. The molecule has 0 unspecified atom stereocenters. The van der Waals surface area contributed by atoms with E-state index in [1.54, 1.807) is 19.1 Å². The van der Waals surface area contributed by atoms with Gasteiger partial charge in [0.15, 0.2) is 0 Å². The molecule has 3 atom stereocenters. The molecule has 0 bridgehead atoms. The maximum absolute atomic E-state index is 13.2. The number of carbonyl (C=O) groups excluding carboxylic acids is 1. The molecule has 28 heavy (non-hydrogen) atoms. The van der Waals surface area contributed by atoms with Gasteiger partial charge in [-0.2, -0.15) is 0 Å². The summed E-state index contributed by atoms with van der Waals surface area (Å²) in [6, 6.07) is 15.2. The lowest BCUT2D eigenvalue weighted by molar-refractivity contribution is -0.134. The van der Waals surface area contributed by atoms with Crippen LogP contribution >= 0.6 is 0 Å². The van der Waals surface area contributed by atoms with Gasteiger partial charge in [0.05, 0.1) is 6.61 Å². The molecule has 2 aliphatic rings. The first-order chi connectivity index (χ1) is 13.6. The van der Waals surface area contributed by atoms with E-state index in [1.165, 1.54) is 17.7 Å². The molecule has 0 aliphatic carbocycles. The van der Waals surface area contributed by atoms with Crippen molar-refractivity contribution in [3.63, 3.8) is 0 Å². The van der Waals surface area contributed by atoms with E-state index in [-0.39, 0.29) is 36.3 Å². The van der Waals surface area contributed by atoms with E-state index in [4.69, 9.17) is 0 Å². The third-order valence-electron chi connectivity index (χ3n) is 6.29. The van der Waals surface area contributed by atoms with Crippen LogP contribution in [0.3, 0.4) is 0 Å². The Morgan fingerprint density at radius 2 is 1.64 bits per heavy atom. The van der Waals surface area contributed by atoms with Gasteiger partial charge in [-0.3, -0.25) is 9.69 Å². The minimum Gasteiger partial charge on any atom is -0.395 e. The molecule has 2 saturated heterocycles. The van der Waals surface area contributed by atoms with Crippen LogP contribution in [0, 0.1) is 5.82 Å². The van der Waals surface area contributed by atoms with Crippen LogP contribution in [0.1, 0.15) is 31.2 Å². The van der Waals surface area contributed by atoms with E-state index < -0.39 is 0 Å². The maximum Gasteiger partial charge on any atom is 0.219 e. The number of nitrogens with zero attached hydrogens (tertiary/aromatic N) is 2. The number of halogens is 1. The number of aliphatic hydroxyl groups is 1. The zero-order valence-corrected chi connectivity index (χ0v) is 16.2. The van der Waals surface area contributed by atoms with E-state index in [1.807, 2.05) is 4.90 Å². The molecule has 148 valence electrons. The molecule has 0 spiro atoms. The minimum absolute atomic E-state index is 0.105. The van der Waals surface area contributed by atoms with E-state index in [2.05, 4.69) is 29.2 Å². The first-order valence-electron chi connectivity index (χ1n) is 10.1. The van der Waals surface area contributed by atoms with Crippen LogP contribution in [0.2, 0.25) is 0 Å². The monoisotopic (exact) mass is 382 g/mol. The second-order valence-corrected chi connectivity index (χ2v) is 7.88. The average Bonchev–Trinajstić information content (AvgIpc) is 2.67. The average molecular weight is 382 g/mol. The Kier molecular flexibility index (Phi) is 5.47. The molecule has 2 aliphatic heterocycles. The van der Waals surface area contributed by atoms with Gasteiger partial charge in [-0.15, -0.1) is 0 Å². The zero-order valence-electron chi connectivity index (χ0n) is 16.2. The third-order valence-corrected chi connectivity index (χ3v) is 6.29. The summed E-state index contributed by atoms with van der Waals surface area (Å²) in [5, 5.41) is 9.99. The summed E-state index contributed by atoms with van der Waals surface area (Å²) in [6.45, 7) is 4.28. The highest BCUT2D eigenvalue weighted by molar-refractivity contribution is 5.73. The highest BCUT2D eigenvalue weighted by Gasteiger charge is 2.49. The Labute approximate surface area is 165 Å². The van der Waals surface area contributed by atoms with Crippen molar-refractivity contribution in [2.45, 2.75) is 37.8 Å². The van der Waals surface area contributed by atoms with E-state index in [9.17, 15) is 14.3 Å². The van der Waals surface area contributed by atoms with Gasteiger partial charge in [-0.1, -0.05) is 36.4 Å². The van der Waals surface area contributed by atoms with Crippen LogP contribution in [-0.4, -0.2) is 59.1 Å².